The predicted octanol–water partition coefficient (Wildman–Crippen LogP) is 1.78. The summed E-state index contributed by atoms with van der Waals surface area (Å²) in [6, 6.07) is 15.2. The monoisotopic (exact) mass is 338 g/mol. The lowest BCUT2D eigenvalue weighted by molar-refractivity contribution is -0.130. The molecular formula is C18H18N4O3. The highest BCUT2D eigenvalue weighted by atomic mass is 16.6. The minimum Gasteiger partial charge on any atom is -0.485 e. The number of benzene rings is 2. The van der Waals surface area contributed by atoms with Gasteiger partial charge in [-0.1, -0.05) is 29.5 Å². The fourth-order valence-corrected chi connectivity index (χ4v) is 2.79. The molecule has 1 amide bonds. The molecule has 128 valence electrons. The summed E-state index contributed by atoms with van der Waals surface area (Å²) in [5.41, 5.74) is 1.87. The first-order chi connectivity index (χ1) is 12.3. The third-order valence-corrected chi connectivity index (χ3v) is 4.07. The van der Waals surface area contributed by atoms with E-state index in [0.717, 1.165) is 17.5 Å². The Labute approximate surface area is 144 Å². The Bertz CT molecular complexity index is 893. The van der Waals surface area contributed by atoms with Crippen molar-refractivity contribution in [3.8, 4) is 11.5 Å². The zero-order chi connectivity index (χ0) is 17.1. The number of para-hydroxylation sites is 3. The van der Waals surface area contributed by atoms with E-state index < -0.39 is 6.10 Å². The first-order valence-corrected chi connectivity index (χ1v) is 8.26. The number of hydrogen-bond acceptors (Lipinski definition) is 5. The number of rotatable bonds is 5. The number of hydrogen-bond donors (Lipinski definition) is 1. The summed E-state index contributed by atoms with van der Waals surface area (Å²) >= 11 is 0. The van der Waals surface area contributed by atoms with Gasteiger partial charge in [-0.3, -0.25) is 4.79 Å². The molecule has 0 aliphatic carbocycles. The Balaban J connectivity index is 1.27. The number of carbonyl (C=O) groups excluding carboxylic acids is 1. The van der Waals surface area contributed by atoms with Gasteiger partial charge < -0.3 is 14.8 Å². The number of fused-ring (bicyclic) bond motifs is 2. The Hall–Kier alpha value is -3.09. The smallest absolute Gasteiger partial charge is 0.264 e. The molecule has 0 saturated heterocycles. The van der Waals surface area contributed by atoms with E-state index in [1.807, 2.05) is 47.1 Å². The van der Waals surface area contributed by atoms with Gasteiger partial charge in [0.1, 0.15) is 12.1 Å². The molecule has 7 nitrogen and oxygen atoms in total. The minimum atomic E-state index is -0.623. The van der Waals surface area contributed by atoms with Crippen LogP contribution in [0.25, 0.3) is 11.0 Å². The van der Waals surface area contributed by atoms with E-state index in [1.54, 1.807) is 6.07 Å². The number of nitrogens with zero attached hydrogens (tertiary/aromatic N) is 3. The first-order valence-electron chi connectivity index (χ1n) is 8.26. The van der Waals surface area contributed by atoms with Crippen LogP contribution in [0.4, 0.5) is 0 Å². The Kier molecular flexibility index (Phi) is 4.20. The van der Waals surface area contributed by atoms with E-state index in [2.05, 4.69) is 15.6 Å². The van der Waals surface area contributed by atoms with Gasteiger partial charge in [0.25, 0.3) is 5.91 Å². The number of amides is 1. The Morgan fingerprint density at radius 2 is 1.96 bits per heavy atom. The Morgan fingerprint density at radius 3 is 2.88 bits per heavy atom. The van der Waals surface area contributed by atoms with Crippen LogP contribution in [0.3, 0.4) is 0 Å². The summed E-state index contributed by atoms with van der Waals surface area (Å²) in [5.74, 6) is 1.10. The van der Waals surface area contributed by atoms with Crippen molar-refractivity contribution in [2.45, 2.75) is 19.1 Å². The molecule has 0 radical (unpaired) electrons. The molecule has 7 heteroatoms. The van der Waals surface area contributed by atoms with Gasteiger partial charge in [0.2, 0.25) is 6.10 Å². The second-order valence-corrected chi connectivity index (χ2v) is 5.81. The lowest BCUT2D eigenvalue weighted by atomic mass is 10.2. The quantitative estimate of drug-likeness (QED) is 0.718. The maximum atomic E-state index is 12.2. The van der Waals surface area contributed by atoms with E-state index >= 15 is 0 Å². The lowest BCUT2D eigenvalue weighted by Crippen LogP contribution is -2.44. The number of aryl methyl sites for hydroxylation is 1. The normalized spacial score (nSPS) is 15.9. The average Bonchev–Trinajstić information content (AvgIpc) is 3.08. The molecule has 0 bridgehead atoms. The van der Waals surface area contributed by atoms with E-state index in [9.17, 15) is 4.79 Å². The summed E-state index contributed by atoms with van der Waals surface area (Å²) < 4.78 is 13.1. The van der Waals surface area contributed by atoms with E-state index in [-0.39, 0.29) is 12.5 Å². The van der Waals surface area contributed by atoms with Gasteiger partial charge in [0.05, 0.1) is 5.52 Å². The van der Waals surface area contributed by atoms with Gasteiger partial charge in [-0.15, -0.1) is 5.10 Å². The Morgan fingerprint density at radius 1 is 1.16 bits per heavy atom. The lowest BCUT2D eigenvalue weighted by Gasteiger charge is -2.25. The van der Waals surface area contributed by atoms with Crippen LogP contribution in [0.1, 0.15) is 6.42 Å². The molecule has 1 aromatic heterocycles. The van der Waals surface area contributed by atoms with Crippen molar-refractivity contribution in [1.29, 1.82) is 0 Å². The number of ether oxygens (including phenoxy) is 2. The van der Waals surface area contributed by atoms with Crippen LogP contribution in [-0.2, 0) is 11.3 Å². The van der Waals surface area contributed by atoms with Crippen LogP contribution in [0.5, 0.6) is 11.5 Å². The number of nitrogens with one attached hydrogen (secondary N) is 1. The van der Waals surface area contributed by atoms with Crippen molar-refractivity contribution in [3.63, 3.8) is 0 Å². The second kappa shape index (κ2) is 6.80. The average molecular weight is 338 g/mol. The molecule has 2 heterocycles. The SMILES string of the molecule is O=C(NCCCn1nnc2ccccc21)[C@H]1COc2ccccc2O1. The van der Waals surface area contributed by atoms with Crippen LogP contribution >= 0.6 is 0 Å². The molecule has 1 aliphatic heterocycles. The van der Waals surface area contributed by atoms with Crippen LogP contribution in [0.2, 0.25) is 0 Å². The van der Waals surface area contributed by atoms with Crippen LogP contribution in [0.15, 0.2) is 48.5 Å². The molecule has 0 unspecified atom stereocenters. The van der Waals surface area contributed by atoms with Crippen molar-refractivity contribution >= 4 is 16.9 Å². The number of carbonyl (C=O) groups is 1. The number of aromatic nitrogens is 3. The molecule has 1 N–H and O–H groups in total. The summed E-state index contributed by atoms with van der Waals surface area (Å²) in [6.07, 6.45) is 0.130. The molecular weight excluding hydrogens is 320 g/mol. The molecule has 25 heavy (non-hydrogen) atoms. The summed E-state index contributed by atoms with van der Waals surface area (Å²) in [5, 5.41) is 11.1. The van der Waals surface area contributed by atoms with E-state index in [1.165, 1.54) is 0 Å². The molecule has 1 atom stereocenters. The molecule has 0 fully saturated rings. The zero-order valence-corrected chi connectivity index (χ0v) is 13.6. The predicted molar refractivity (Wildman–Crippen MR) is 91.5 cm³/mol. The minimum absolute atomic E-state index is 0.169. The topological polar surface area (TPSA) is 78.3 Å². The fourth-order valence-electron chi connectivity index (χ4n) is 2.79. The maximum absolute atomic E-state index is 12.2. The summed E-state index contributed by atoms with van der Waals surface area (Å²) in [6.45, 7) is 1.44. The summed E-state index contributed by atoms with van der Waals surface area (Å²) in [7, 11) is 0. The van der Waals surface area contributed by atoms with Crippen LogP contribution < -0.4 is 14.8 Å². The molecule has 4 rings (SSSR count). The molecule has 3 aromatic rings. The van der Waals surface area contributed by atoms with E-state index in [4.69, 9.17) is 9.47 Å². The van der Waals surface area contributed by atoms with Crippen molar-refractivity contribution in [1.82, 2.24) is 20.3 Å². The highest BCUT2D eigenvalue weighted by Gasteiger charge is 2.26. The van der Waals surface area contributed by atoms with E-state index in [0.29, 0.717) is 24.6 Å². The van der Waals surface area contributed by atoms with Crippen molar-refractivity contribution < 1.29 is 14.3 Å². The van der Waals surface area contributed by atoms with Crippen LogP contribution in [0, 0.1) is 0 Å². The fraction of sp³-hybridized carbons (Fsp3) is 0.278. The first kappa shape index (κ1) is 15.4. The zero-order valence-electron chi connectivity index (χ0n) is 13.6. The largest absolute Gasteiger partial charge is 0.485 e. The maximum Gasteiger partial charge on any atom is 0.264 e. The highest BCUT2D eigenvalue weighted by molar-refractivity contribution is 5.81. The van der Waals surface area contributed by atoms with Gasteiger partial charge in [-0.2, -0.15) is 0 Å². The van der Waals surface area contributed by atoms with Crippen molar-refractivity contribution in [2.24, 2.45) is 0 Å². The van der Waals surface area contributed by atoms with Gasteiger partial charge in [0.15, 0.2) is 11.5 Å². The standard InChI is InChI=1S/C18H18N4O3/c23-18(17-12-24-15-8-3-4-9-16(15)25-17)19-10-5-11-22-14-7-2-1-6-13(14)20-21-22/h1-4,6-9,17H,5,10-12H2,(H,19,23)/t17-/m1/s1. The highest BCUT2D eigenvalue weighted by Crippen LogP contribution is 2.30. The van der Waals surface area contributed by atoms with Gasteiger partial charge in [0, 0.05) is 13.1 Å². The third-order valence-electron chi connectivity index (χ3n) is 4.07. The van der Waals surface area contributed by atoms with Gasteiger partial charge >= 0.3 is 0 Å². The van der Waals surface area contributed by atoms with Crippen LogP contribution in [-0.4, -0.2) is 40.2 Å². The summed E-state index contributed by atoms with van der Waals surface area (Å²) in [4.78, 5) is 12.2. The van der Waals surface area contributed by atoms with Gasteiger partial charge in [-0.05, 0) is 30.7 Å². The van der Waals surface area contributed by atoms with Crippen molar-refractivity contribution in [3.05, 3.63) is 48.5 Å². The molecule has 0 saturated carbocycles. The van der Waals surface area contributed by atoms with Crippen molar-refractivity contribution in [2.75, 3.05) is 13.2 Å². The molecule has 2 aromatic carbocycles. The van der Waals surface area contributed by atoms with Gasteiger partial charge in [-0.25, -0.2) is 4.68 Å². The molecule has 0 spiro atoms. The third kappa shape index (κ3) is 3.26. The molecule has 1 aliphatic rings. The second-order valence-electron chi connectivity index (χ2n) is 5.81.